The van der Waals surface area contributed by atoms with Crippen LogP contribution < -0.4 is 10.1 Å². The van der Waals surface area contributed by atoms with E-state index in [2.05, 4.69) is 31.1 Å². The van der Waals surface area contributed by atoms with Crippen LogP contribution in [0.15, 0.2) is 40.7 Å². The van der Waals surface area contributed by atoms with E-state index in [9.17, 15) is 4.79 Å². The molecular formula is C24H34N4O3S. The van der Waals surface area contributed by atoms with Crippen LogP contribution in [0.25, 0.3) is 0 Å². The lowest BCUT2D eigenvalue weighted by molar-refractivity contribution is -0.143. The Morgan fingerprint density at radius 1 is 1.22 bits per heavy atom. The Bertz CT molecular complexity index is 951. The molecule has 0 bridgehead atoms. The molecule has 1 atom stereocenters. The van der Waals surface area contributed by atoms with Gasteiger partial charge < -0.3 is 14.8 Å². The van der Waals surface area contributed by atoms with Crippen LogP contribution in [-0.2, 0) is 9.53 Å². The van der Waals surface area contributed by atoms with E-state index in [1.165, 1.54) is 0 Å². The van der Waals surface area contributed by atoms with E-state index in [1.807, 2.05) is 45.0 Å². The molecule has 1 aromatic carbocycles. The van der Waals surface area contributed by atoms with Gasteiger partial charge in [0.2, 0.25) is 11.1 Å². The Labute approximate surface area is 195 Å². The molecule has 2 heterocycles. The van der Waals surface area contributed by atoms with Gasteiger partial charge in [0.05, 0.1) is 18.3 Å². The first-order valence-electron chi connectivity index (χ1n) is 11.3. The third kappa shape index (κ3) is 5.85. The monoisotopic (exact) mass is 458 g/mol. The average Bonchev–Trinajstić information content (AvgIpc) is 3.13. The highest BCUT2D eigenvalue weighted by Crippen LogP contribution is 2.37. The van der Waals surface area contributed by atoms with E-state index in [0.29, 0.717) is 29.2 Å². The molecule has 32 heavy (non-hydrogen) atoms. The van der Waals surface area contributed by atoms with Crippen molar-refractivity contribution in [2.24, 2.45) is 5.92 Å². The van der Waals surface area contributed by atoms with Crippen molar-refractivity contribution >= 4 is 23.7 Å². The fourth-order valence-electron chi connectivity index (χ4n) is 3.39. The van der Waals surface area contributed by atoms with Crippen molar-refractivity contribution < 1.29 is 14.3 Å². The van der Waals surface area contributed by atoms with Crippen LogP contribution in [0.1, 0.15) is 66.0 Å². The molecule has 1 N–H and O–H groups in total. The second-order valence-electron chi connectivity index (χ2n) is 8.63. The summed E-state index contributed by atoms with van der Waals surface area (Å²) in [6.45, 7) is 12.7. The Kier molecular flexibility index (Phi) is 8.23. The molecule has 3 rings (SSSR count). The van der Waals surface area contributed by atoms with Gasteiger partial charge >= 0.3 is 5.97 Å². The number of benzene rings is 1. The number of nitrogens with one attached hydrogen (secondary N) is 1. The number of hydrogen-bond donors (Lipinski definition) is 1. The Hall–Kier alpha value is -2.48. The predicted octanol–water partition coefficient (Wildman–Crippen LogP) is 5.45. The third-order valence-electron chi connectivity index (χ3n) is 4.99. The summed E-state index contributed by atoms with van der Waals surface area (Å²) in [7, 11) is 0. The van der Waals surface area contributed by atoms with Crippen molar-refractivity contribution in [3.63, 3.8) is 0 Å². The lowest BCUT2D eigenvalue weighted by atomic mass is 9.95. The van der Waals surface area contributed by atoms with Gasteiger partial charge in [-0.05, 0) is 57.2 Å². The van der Waals surface area contributed by atoms with Crippen LogP contribution in [0.3, 0.4) is 0 Å². The minimum atomic E-state index is -0.425. The number of nitrogens with zero attached hydrogens (tertiary/aromatic N) is 3. The predicted molar refractivity (Wildman–Crippen MR) is 128 cm³/mol. The van der Waals surface area contributed by atoms with Gasteiger partial charge in [0.25, 0.3) is 0 Å². The lowest BCUT2D eigenvalue weighted by Gasteiger charge is -2.28. The van der Waals surface area contributed by atoms with Gasteiger partial charge in [0.15, 0.2) is 0 Å². The van der Waals surface area contributed by atoms with E-state index >= 15 is 0 Å². The first-order valence-corrected chi connectivity index (χ1v) is 12.3. The number of hydrogen-bond acceptors (Lipinski definition) is 7. The SMILES string of the molecule is CCCSc1nc2n(n1)C(c1ccc(OCCC(C)C)cc1)C(C(=O)OC(C)C)=C(C)N2. The number of allylic oxidation sites excluding steroid dienone is 1. The lowest BCUT2D eigenvalue weighted by Crippen LogP contribution is -2.30. The molecule has 8 heteroatoms. The minimum Gasteiger partial charge on any atom is -0.494 e. The number of thioether (sulfide) groups is 1. The highest BCUT2D eigenvalue weighted by atomic mass is 32.2. The second-order valence-corrected chi connectivity index (χ2v) is 9.69. The number of esters is 1. The molecule has 1 aliphatic rings. The summed E-state index contributed by atoms with van der Waals surface area (Å²) in [6.07, 6.45) is 1.82. The molecule has 7 nitrogen and oxygen atoms in total. The number of carbonyl (C=O) groups is 1. The standard InChI is InChI=1S/C24H34N4O3S/c1-7-14-32-24-26-23-25-17(6)20(22(29)31-16(4)5)21(28(23)27-24)18-8-10-19(11-9-18)30-13-12-15(2)3/h8-11,15-16,21H,7,12-14H2,1-6H3,(H,25,26,27). The van der Waals surface area contributed by atoms with E-state index < -0.39 is 6.04 Å². The summed E-state index contributed by atoms with van der Waals surface area (Å²) in [5, 5.41) is 8.65. The topological polar surface area (TPSA) is 78.3 Å². The van der Waals surface area contributed by atoms with Gasteiger partial charge in [-0.15, -0.1) is 5.10 Å². The van der Waals surface area contributed by atoms with Crippen LogP contribution in [0.4, 0.5) is 5.95 Å². The molecule has 2 aromatic rings. The van der Waals surface area contributed by atoms with Crippen LogP contribution in [-0.4, -0.2) is 39.2 Å². The van der Waals surface area contributed by atoms with Crippen molar-refractivity contribution in [1.29, 1.82) is 0 Å². The molecule has 0 aliphatic carbocycles. The maximum atomic E-state index is 13.1. The van der Waals surface area contributed by atoms with Crippen molar-refractivity contribution in [2.45, 2.75) is 71.7 Å². The number of ether oxygens (including phenoxy) is 2. The van der Waals surface area contributed by atoms with E-state index in [1.54, 1.807) is 16.4 Å². The fraction of sp³-hybridized carbons (Fsp3) is 0.542. The normalized spacial score (nSPS) is 15.7. The summed E-state index contributed by atoms with van der Waals surface area (Å²) in [6, 6.07) is 7.44. The quantitative estimate of drug-likeness (QED) is 0.375. The number of fused-ring (bicyclic) bond motifs is 1. The number of anilines is 1. The zero-order valence-electron chi connectivity index (χ0n) is 19.8. The van der Waals surface area contributed by atoms with Crippen LogP contribution >= 0.6 is 11.8 Å². The minimum absolute atomic E-state index is 0.215. The van der Waals surface area contributed by atoms with Crippen LogP contribution in [0.2, 0.25) is 0 Å². The Morgan fingerprint density at radius 3 is 2.56 bits per heavy atom. The summed E-state index contributed by atoms with van der Waals surface area (Å²) in [4.78, 5) is 17.7. The van der Waals surface area contributed by atoms with Crippen molar-refractivity contribution in [3.8, 4) is 5.75 Å². The molecule has 0 radical (unpaired) electrons. The van der Waals surface area contributed by atoms with E-state index in [0.717, 1.165) is 35.6 Å². The molecular weight excluding hydrogens is 424 g/mol. The molecule has 1 aromatic heterocycles. The molecule has 0 spiro atoms. The number of rotatable bonds is 10. The van der Waals surface area contributed by atoms with Gasteiger partial charge in [-0.25, -0.2) is 9.48 Å². The molecule has 0 amide bonds. The molecule has 174 valence electrons. The summed E-state index contributed by atoms with van der Waals surface area (Å²) >= 11 is 1.61. The highest BCUT2D eigenvalue weighted by Gasteiger charge is 2.35. The highest BCUT2D eigenvalue weighted by molar-refractivity contribution is 7.99. The number of aromatic nitrogens is 3. The van der Waals surface area contributed by atoms with Crippen LogP contribution in [0.5, 0.6) is 5.75 Å². The molecule has 1 aliphatic heterocycles. The second kappa shape index (κ2) is 10.9. The van der Waals surface area contributed by atoms with Gasteiger partial charge in [0, 0.05) is 11.4 Å². The van der Waals surface area contributed by atoms with E-state index in [-0.39, 0.29) is 12.1 Å². The zero-order chi connectivity index (χ0) is 23.3. The first-order chi connectivity index (χ1) is 15.3. The average molecular weight is 459 g/mol. The molecule has 0 saturated heterocycles. The molecule has 0 saturated carbocycles. The third-order valence-corrected chi connectivity index (χ3v) is 6.03. The van der Waals surface area contributed by atoms with Crippen molar-refractivity contribution in [3.05, 3.63) is 41.1 Å². The van der Waals surface area contributed by atoms with Crippen molar-refractivity contribution in [2.75, 3.05) is 17.7 Å². The maximum Gasteiger partial charge on any atom is 0.338 e. The van der Waals surface area contributed by atoms with Gasteiger partial charge in [0.1, 0.15) is 11.8 Å². The van der Waals surface area contributed by atoms with Gasteiger partial charge in [-0.1, -0.05) is 44.7 Å². The Morgan fingerprint density at radius 2 is 1.94 bits per heavy atom. The summed E-state index contributed by atoms with van der Waals surface area (Å²) in [5.41, 5.74) is 2.19. The zero-order valence-corrected chi connectivity index (χ0v) is 20.7. The molecule has 0 fully saturated rings. The fourth-order valence-corrected chi connectivity index (χ4v) is 4.08. The smallest absolute Gasteiger partial charge is 0.338 e. The maximum absolute atomic E-state index is 13.1. The van der Waals surface area contributed by atoms with Gasteiger partial charge in [-0.3, -0.25) is 0 Å². The summed E-state index contributed by atoms with van der Waals surface area (Å²) < 4.78 is 13.2. The number of carbonyl (C=O) groups excluding carboxylic acids is 1. The van der Waals surface area contributed by atoms with Crippen molar-refractivity contribution in [1.82, 2.24) is 14.8 Å². The molecule has 1 unspecified atom stereocenters. The summed E-state index contributed by atoms with van der Waals surface area (Å²) in [5.74, 6) is 2.62. The first kappa shape index (κ1) is 24.2. The largest absolute Gasteiger partial charge is 0.494 e. The Balaban J connectivity index is 1.94. The van der Waals surface area contributed by atoms with Crippen LogP contribution in [0, 0.1) is 5.92 Å². The van der Waals surface area contributed by atoms with E-state index in [4.69, 9.17) is 14.6 Å². The van der Waals surface area contributed by atoms with Gasteiger partial charge in [-0.2, -0.15) is 4.98 Å².